The third-order valence-corrected chi connectivity index (χ3v) is 3.85. The summed E-state index contributed by atoms with van der Waals surface area (Å²) in [6.07, 6.45) is -0.0773. The molecular formula is C16H12Cl2N2O3. The molecule has 0 aromatic heterocycles. The summed E-state index contributed by atoms with van der Waals surface area (Å²) in [6.45, 7) is 0. The standard InChI is InChI=1S/C16H12Cl2N2O3/c17-9-5-6-11(10(18)7-9)20-15(21)8-13-16(22)23-14-4-2-1-3-12(14)19-13/h1-7,13,19H,8H2,(H,20,21). The van der Waals surface area contributed by atoms with Crippen LogP contribution in [0.2, 0.25) is 10.0 Å². The molecule has 5 nitrogen and oxygen atoms in total. The van der Waals surface area contributed by atoms with E-state index in [4.69, 9.17) is 27.9 Å². The van der Waals surface area contributed by atoms with E-state index in [2.05, 4.69) is 10.6 Å². The summed E-state index contributed by atoms with van der Waals surface area (Å²) in [6, 6.07) is 11.0. The maximum atomic E-state index is 12.1. The minimum atomic E-state index is -0.754. The van der Waals surface area contributed by atoms with Crippen LogP contribution in [0.15, 0.2) is 42.5 Å². The molecule has 0 saturated heterocycles. The van der Waals surface area contributed by atoms with Gasteiger partial charge in [-0.1, -0.05) is 35.3 Å². The number of nitrogens with one attached hydrogen (secondary N) is 2. The number of amides is 1. The van der Waals surface area contributed by atoms with Gasteiger partial charge in [0.1, 0.15) is 6.04 Å². The summed E-state index contributed by atoms with van der Waals surface area (Å²) >= 11 is 11.8. The van der Waals surface area contributed by atoms with Gasteiger partial charge in [-0.2, -0.15) is 0 Å². The second-order valence-electron chi connectivity index (χ2n) is 4.99. The molecule has 118 valence electrons. The number of carbonyl (C=O) groups is 2. The summed E-state index contributed by atoms with van der Waals surface area (Å²) in [4.78, 5) is 24.1. The van der Waals surface area contributed by atoms with Crippen molar-refractivity contribution >= 4 is 46.5 Å². The molecule has 1 atom stereocenters. The number of para-hydroxylation sites is 2. The van der Waals surface area contributed by atoms with Crippen LogP contribution in [0.5, 0.6) is 5.75 Å². The van der Waals surface area contributed by atoms with E-state index in [-0.39, 0.29) is 12.3 Å². The first kappa shape index (κ1) is 15.6. The number of benzene rings is 2. The van der Waals surface area contributed by atoms with Crippen LogP contribution in [0.1, 0.15) is 6.42 Å². The van der Waals surface area contributed by atoms with Crippen molar-refractivity contribution in [3.8, 4) is 5.75 Å². The minimum Gasteiger partial charge on any atom is -0.423 e. The third kappa shape index (κ3) is 3.57. The second-order valence-corrected chi connectivity index (χ2v) is 5.83. The van der Waals surface area contributed by atoms with E-state index in [0.717, 1.165) is 0 Å². The van der Waals surface area contributed by atoms with Gasteiger partial charge < -0.3 is 15.4 Å². The Hall–Kier alpha value is -2.24. The van der Waals surface area contributed by atoms with Crippen molar-refractivity contribution in [2.75, 3.05) is 10.6 Å². The Labute approximate surface area is 142 Å². The number of hydrogen-bond acceptors (Lipinski definition) is 4. The van der Waals surface area contributed by atoms with E-state index < -0.39 is 12.0 Å². The van der Waals surface area contributed by atoms with E-state index in [9.17, 15) is 9.59 Å². The highest BCUT2D eigenvalue weighted by Crippen LogP contribution is 2.30. The van der Waals surface area contributed by atoms with Gasteiger partial charge >= 0.3 is 5.97 Å². The minimum absolute atomic E-state index is 0.0773. The van der Waals surface area contributed by atoms with Gasteiger partial charge in [-0.25, -0.2) is 4.79 Å². The first-order valence-corrected chi connectivity index (χ1v) is 7.60. The Balaban J connectivity index is 1.67. The van der Waals surface area contributed by atoms with Crippen LogP contribution in [-0.2, 0) is 9.59 Å². The van der Waals surface area contributed by atoms with Gasteiger partial charge in [0.05, 0.1) is 22.8 Å². The van der Waals surface area contributed by atoms with Crippen LogP contribution in [0.3, 0.4) is 0 Å². The number of rotatable bonds is 3. The highest BCUT2D eigenvalue weighted by Gasteiger charge is 2.29. The highest BCUT2D eigenvalue weighted by atomic mass is 35.5. The smallest absolute Gasteiger partial charge is 0.334 e. The molecule has 1 heterocycles. The van der Waals surface area contributed by atoms with Crippen molar-refractivity contribution in [3.05, 3.63) is 52.5 Å². The van der Waals surface area contributed by atoms with Crippen molar-refractivity contribution in [1.82, 2.24) is 0 Å². The van der Waals surface area contributed by atoms with E-state index in [1.54, 1.807) is 30.3 Å². The number of ether oxygens (including phenoxy) is 1. The van der Waals surface area contributed by atoms with Crippen LogP contribution < -0.4 is 15.4 Å². The molecule has 0 fully saturated rings. The first-order valence-electron chi connectivity index (χ1n) is 6.85. The second kappa shape index (κ2) is 6.48. The number of halogens is 2. The molecule has 1 aliphatic rings. The van der Waals surface area contributed by atoms with Crippen molar-refractivity contribution in [3.63, 3.8) is 0 Å². The topological polar surface area (TPSA) is 67.4 Å². The maximum absolute atomic E-state index is 12.1. The van der Waals surface area contributed by atoms with E-state index in [1.807, 2.05) is 6.07 Å². The molecule has 0 bridgehead atoms. The van der Waals surface area contributed by atoms with E-state index >= 15 is 0 Å². The molecule has 1 unspecified atom stereocenters. The predicted octanol–water partition coefficient (Wildman–Crippen LogP) is 3.72. The molecule has 23 heavy (non-hydrogen) atoms. The Morgan fingerprint density at radius 3 is 2.78 bits per heavy atom. The molecule has 2 aromatic rings. The largest absolute Gasteiger partial charge is 0.423 e. The lowest BCUT2D eigenvalue weighted by Crippen LogP contribution is -2.39. The SMILES string of the molecule is O=C(CC1Nc2ccccc2OC1=O)Nc1ccc(Cl)cc1Cl. The summed E-state index contributed by atoms with van der Waals surface area (Å²) in [7, 11) is 0. The van der Waals surface area contributed by atoms with Crippen LogP contribution in [0.4, 0.5) is 11.4 Å². The van der Waals surface area contributed by atoms with Crippen LogP contribution in [0, 0.1) is 0 Å². The van der Waals surface area contributed by atoms with Crippen molar-refractivity contribution < 1.29 is 14.3 Å². The van der Waals surface area contributed by atoms with E-state index in [0.29, 0.717) is 27.2 Å². The van der Waals surface area contributed by atoms with Gasteiger partial charge in [0.2, 0.25) is 5.91 Å². The predicted molar refractivity (Wildman–Crippen MR) is 89.2 cm³/mol. The average molecular weight is 351 g/mol. The summed E-state index contributed by atoms with van der Waals surface area (Å²) in [5.74, 6) is -0.404. The summed E-state index contributed by atoms with van der Waals surface area (Å²) in [5.41, 5.74) is 1.11. The lowest BCUT2D eigenvalue weighted by Gasteiger charge is -2.25. The lowest BCUT2D eigenvalue weighted by atomic mass is 10.1. The number of hydrogen-bond donors (Lipinski definition) is 2. The third-order valence-electron chi connectivity index (χ3n) is 3.31. The van der Waals surface area contributed by atoms with Crippen molar-refractivity contribution in [2.24, 2.45) is 0 Å². The fourth-order valence-corrected chi connectivity index (χ4v) is 2.67. The number of esters is 1. The molecule has 0 aliphatic carbocycles. The Bertz CT molecular complexity index is 780. The molecule has 3 rings (SSSR count). The average Bonchev–Trinajstić information content (AvgIpc) is 2.51. The molecular weight excluding hydrogens is 339 g/mol. The fraction of sp³-hybridized carbons (Fsp3) is 0.125. The van der Waals surface area contributed by atoms with Gasteiger partial charge in [0.15, 0.2) is 5.75 Å². The van der Waals surface area contributed by atoms with Crippen LogP contribution in [0.25, 0.3) is 0 Å². The normalized spacial score (nSPS) is 16.1. The fourth-order valence-electron chi connectivity index (χ4n) is 2.21. The number of carbonyl (C=O) groups excluding carboxylic acids is 2. The molecule has 1 amide bonds. The van der Waals surface area contributed by atoms with E-state index in [1.165, 1.54) is 6.07 Å². The highest BCUT2D eigenvalue weighted by molar-refractivity contribution is 6.36. The van der Waals surface area contributed by atoms with Crippen molar-refractivity contribution in [1.29, 1.82) is 0 Å². The maximum Gasteiger partial charge on any atom is 0.334 e. The van der Waals surface area contributed by atoms with Crippen LogP contribution in [-0.4, -0.2) is 17.9 Å². The van der Waals surface area contributed by atoms with Gasteiger partial charge in [0, 0.05) is 5.02 Å². The molecule has 2 aromatic carbocycles. The molecule has 7 heteroatoms. The molecule has 0 radical (unpaired) electrons. The number of anilines is 2. The quantitative estimate of drug-likeness (QED) is 0.653. The zero-order valence-electron chi connectivity index (χ0n) is 11.8. The van der Waals surface area contributed by atoms with Gasteiger partial charge in [-0.05, 0) is 30.3 Å². The van der Waals surface area contributed by atoms with Gasteiger partial charge in [-0.3, -0.25) is 4.79 Å². The van der Waals surface area contributed by atoms with Crippen molar-refractivity contribution in [2.45, 2.75) is 12.5 Å². The first-order chi connectivity index (χ1) is 11.0. The van der Waals surface area contributed by atoms with Gasteiger partial charge in [0.25, 0.3) is 0 Å². The molecule has 2 N–H and O–H groups in total. The molecule has 0 spiro atoms. The van der Waals surface area contributed by atoms with Crippen LogP contribution >= 0.6 is 23.2 Å². The van der Waals surface area contributed by atoms with Gasteiger partial charge in [-0.15, -0.1) is 0 Å². The molecule has 1 aliphatic heterocycles. The lowest BCUT2D eigenvalue weighted by molar-refractivity contribution is -0.137. The summed E-state index contributed by atoms with van der Waals surface area (Å²) in [5, 5.41) is 6.45. The number of fused-ring (bicyclic) bond motifs is 1. The Kier molecular flexibility index (Phi) is 4.41. The zero-order valence-corrected chi connectivity index (χ0v) is 13.3. The zero-order chi connectivity index (χ0) is 16.4. The molecule has 0 saturated carbocycles. The Morgan fingerprint density at radius 2 is 2.00 bits per heavy atom. The monoisotopic (exact) mass is 350 g/mol. The summed E-state index contributed by atoms with van der Waals surface area (Å²) < 4.78 is 5.21. The Morgan fingerprint density at radius 1 is 1.22 bits per heavy atom.